The van der Waals surface area contributed by atoms with Crippen LogP contribution in [0.1, 0.15) is 20.8 Å². The van der Waals surface area contributed by atoms with E-state index in [9.17, 15) is 4.79 Å². The normalized spacial score (nSPS) is 13.0. The van der Waals surface area contributed by atoms with Crippen LogP contribution in [-0.2, 0) is 4.74 Å². The maximum atomic E-state index is 10.5. The van der Waals surface area contributed by atoms with E-state index in [1.165, 1.54) is 0 Å². The first-order chi connectivity index (χ1) is 5.57. The molecule has 0 radical (unpaired) electrons. The van der Waals surface area contributed by atoms with Gasteiger partial charge in [-0.15, -0.1) is 0 Å². The molecule has 2 amide bonds. The molecule has 0 spiro atoms. The average Bonchev–Trinajstić information content (AvgIpc) is 1.96. The first-order valence-corrected chi connectivity index (χ1v) is 4.21. The zero-order valence-electron chi connectivity index (χ0n) is 7.96. The maximum absolute atomic E-state index is 10.5. The SMILES string of the molecule is CCOCC(NC(N)=O)C(C)C. The summed E-state index contributed by atoms with van der Waals surface area (Å²) < 4.78 is 5.19. The summed E-state index contributed by atoms with van der Waals surface area (Å²) in [5.41, 5.74) is 5.00. The van der Waals surface area contributed by atoms with Crippen molar-refractivity contribution in [3.63, 3.8) is 0 Å². The lowest BCUT2D eigenvalue weighted by Gasteiger charge is -2.20. The molecule has 4 nitrogen and oxygen atoms in total. The van der Waals surface area contributed by atoms with Gasteiger partial charge < -0.3 is 15.8 Å². The second-order valence-electron chi connectivity index (χ2n) is 3.02. The van der Waals surface area contributed by atoms with Crippen LogP contribution in [0.3, 0.4) is 0 Å². The first kappa shape index (κ1) is 11.2. The lowest BCUT2D eigenvalue weighted by atomic mass is 10.1. The van der Waals surface area contributed by atoms with Gasteiger partial charge in [-0.05, 0) is 12.8 Å². The van der Waals surface area contributed by atoms with E-state index >= 15 is 0 Å². The van der Waals surface area contributed by atoms with Crippen LogP contribution in [0.5, 0.6) is 0 Å². The fraction of sp³-hybridized carbons (Fsp3) is 0.875. The number of carbonyl (C=O) groups excluding carboxylic acids is 1. The predicted molar refractivity (Wildman–Crippen MR) is 47.8 cm³/mol. The molecule has 0 aliphatic rings. The number of hydrogen-bond acceptors (Lipinski definition) is 2. The zero-order valence-corrected chi connectivity index (χ0v) is 7.96. The molecule has 0 aliphatic heterocycles. The third kappa shape index (κ3) is 4.96. The molecule has 0 saturated heterocycles. The summed E-state index contributed by atoms with van der Waals surface area (Å²) in [7, 11) is 0. The highest BCUT2D eigenvalue weighted by Crippen LogP contribution is 2.01. The van der Waals surface area contributed by atoms with Gasteiger partial charge in [0.05, 0.1) is 12.6 Å². The molecule has 3 N–H and O–H groups in total. The van der Waals surface area contributed by atoms with E-state index < -0.39 is 6.03 Å². The van der Waals surface area contributed by atoms with E-state index in [0.29, 0.717) is 19.1 Å². The van der Waals surface area contributed by atoms with Crippen LogP contribution in [0.4, 0.5) is 4.79 Å². The van der Waals surface area contributed by atoms with Gasteiger partial charge in [-0.1, -0.05) is 13.8 Å². The minimum atomic E-state index is -0.492. The van der Waals surface area contributed by atoms with Crippen LogP contribution >= 0.6 is 0 Å². The second kappa shape index (κ2) is 5.83. The average molecular weight is 174 g/mol. The largest absolute Gasteiger partial charge is 0.380 e. The molecule has 0 aromatic rings. The van der Waals surface area contributed by atoms with Crippen LogP contribution in [-0.4, -0.2) is 25.3 Å². The summed E-state index contributed by atoms with van der Waals surface area (Å²) in [5, 5.41) is 2.63. The molecule has 4 heteroatoms. The summed E-state index contributed by atoms with van der Waals surface area (Å²) in [4.78, 5) is 10.5. The Labute approximate surface area is 73.5 Å². The van der Waals surface area contributed by atoms with Crippen LogP contribution in [0, 0.1) is 5.92 Å². The standard InChI is InChI=1S/C8H18N2O2/c1-4-12-5-7(6(2)3)10-8(9)11/h6-7H,4-5H2,1-3H3,(H3,9,10,11). The number of hydrogen-bond donors (Lipinski definition) is 2. The lowest BCUT2D eigenvalue weighted by Crippen LogP contribution is -2.44. The lowest BCUT2D eigenvalue weighted by molar-refractivity contribution is 0.111. The van der Waals surface area contributed by atoms with Gasteiger partial charge in [0.25, 0.3) is 0 Å². The van der Waals surface area contributed by atoms with Gasteiger partial charge in [0.1, 0.15) is 0 Å². The number of amides is 2. The van der Waals surface area contributed by atoms with Gasteiger partial charge in [-0.2, -0.15) is 0 Å². The second-order valence-corrected chi connectivity index (χ2v) is 3.02. The van der Waals surface area contributed by atoms with Crippen molar-refractivity contribution < 1.29 is 9.53 Å². The number of ether oxygens (including phenoxy) is 1. The van der Waals surface area contributed by atoms with Crippen LogP contribution in [0.2, 0.25) is 0 Å². The third-order valence-electron chi connectivity index (χ3n) is 1.63. The van der Waals surface area contributed by atoms with Gasteiger partial charge in [0, 0.05) is 6.61 Å². The third-order valence-corrected chi connectivity index (χ3v) is 1.63. The van der Waals surface area contributed by atoms with Crippen molar-refractivity contribution in [2.45, 2.75) is 26.8 Å². The molecule has 1 unspecified atom stereocenters. The van der Waals surface area contributed by atoms with Gasteiger partial charge >= 0.3 is 6.03 Å². The van der Waals surface area contributed by atoms with Gasteiger partial charge in [-0.3, -0.25) is 0 Å². The summed E-state index contributed by atoms with van der Waals surface area (Å²) in [5.74, 6) is 0.337. The highest BCUT2D eigenvalue weighted by molar-refractivity contribution is 5.71. The number of nitrogens with two attached hydrogens (primary N) is 1. The van der Waals surface area contributed by atoms with Crippen LogP contribution < -0.4 is 11.1 Å². The molecule has 0 bridgehead atoms. The Kier molecular flexibility index (Phi) is 5.45. The van der Waals surface area contributed by atoms with E-state index in [1.54, 1.807) is 0 Å². The topological polar surface area (TPSA) is 64.3 Å². The van der Waals surface area contributed by atoms with E-state index in [4.69, 9.17) is 10.5 Å². The van der Waals surface area contributed by atoms with Gasteiger partial charge in [-0.25, -0.2) is 4.79 Å². The van der Waals surface area contributed by atoms with Crippen LogP contribution in [0.25, 0.3) is 0 Å². The van der Waals surface area contributed by atoms with Crippen molar-refractivity contribution in [2.75, 3.05) is 13.2 Å². The molecule has 0 saturated carbocycles. The van der Waals surface area contributed by atoms with Crippen molar-refractivity contribution in [2.24, 2.45) is 11.7 Å². The highest BCUT2D eigenvalue weighted by atomic mass is 16.5. The minimum Gasteiger partial charge on any atom is -0.380 e. The molecule has 0 rings (SSSR count). The molecule has 0 fully saturated rings. The minimum absolute atomic E-state index is 0.0162. The molecular formula is C8H18N2O2. The Morgan fingerprint density at radius 3 is 2.50 bits per heavy atom. The van der Waals surface area contributed by atoms with Crippen LogP contribution in [0.15, 0.2) is 0 Å². The van der Waals surface area contributed by atoms with Crippen molar-refractivity contribution in [1.29, 1.82) is 0 Å². The number of carbonyl (C=O) groups is 1. The Morgan fingerprint density at radius 2 is 2.17 bits per heavy atom. The summed E-state index contributed by atoms with van der Waals surface area (Å²) in [6, 6.07) is -0.476. The number of primary amides is 1. The van der Waals surface area contributed by atoms with Gasteiger partial charge in [0.2, 0.25) is 0 Å². The fourth-order valence-electron chi connectivity index (χ4n) is 0.828. The Morgan fingerprint density at radius 1 is 1.58 bits per heavy atom. The van der Waals surface area contributed by atoms with Crippen molar-refractivity contribution in [3.05, 3.63) is 0 Å². The first-order valence-electron chi connectivity index (χ1n) is 4.21. The molecule has 0 heterocycles. The van der Waals surface area contributed by atoms with E-state index in [2.05, 4.69) is 5.32 Å². The fourth-order valence-corrected chi connectivity index (χ4v) is 0.828. The Bertz CT molecular complexity index is 137. The summed E-state index contributed by atoms with van der Waals surface area (Å²) in [6.45, 7) is 7.13. The summed E-state index contributed by atoms with van der Waals surface area (Å²) >= 11 is 0. The molecule has 0 aromatic carbocycles. The quantitative estimate of drug-likeness (QED) is 0.645. The zero-order chi connectivity index (χ0) is 9.56. The molecular weight excluding hydrogens is 156 g/mol. The summed E-state index contributed by atoms with van der Waals surface area (Å²) in [6.07, 6.45) is 0. The monoisotopic (exact) mass is 174 g/mol. The maximum Gasteiger partial charge on any atom is 0.312 e. The molecule has 0 aromatic heterocycles. The van der Waals surface area contributed by atoms with Crippen molar-refractivity contribution in [1.82, 2.24) is 5.32 Å². The predicted octanol–water partition coefficient (Wildman–Crippen LogP) is 0.716. The molecule has 0 aliphatic carbocycles. The van der Waals surface area contributed by atoms with Crippen molar-refractivity contribution >= 4 is 6.03 Å². The number of nitrogens with one attached hydrogen (secondary N) is 1. The molecule has 12 heavy (non-hydrogen) atoms. The Hall–Kier alpha value is -0.770. The molecule has 72 valence electrons. The Balaban J connectivity index is 3.78. The number of rotatable bonds is 5. The highest BCUT2D eigenvalue weighted by Gasteiger charge is 2.13. The van der Waals surface area contributed by atoms with Gasteiger partial charge in [0.15, 0.2) is 0 Å². The van der Waals surface area contributed by atoms with Crippen molar-refractivity contribution in [3.8, 4) is 0 Å². The van der Waals surface area contributed by atoms with E-state index in [1.807, 2.05) is 20.8 Å². The molecule has 1 atom stereocenters. The smallest absolute Gasteiger partial charge is 0.312 e. The van der Waals surface area contributed by atoms with E-state index in [-0.39, 0.29) is 6.04 Å². The van der Waals surface area contributed by atoms with E-state index in [0.717, 1.165) is 0 Å². The number of urea groups is 1.